The predicted molar refractivity (Wildman–Crippen MR) is 78.2 cm³/mol. The van der Waals surface area contributed by atoms with Gasteiger partial charge in [0.1, 0.15) is 17.9 Å². The van der Waals surface area contributed by atoms with Crippen molar-refractivity contribution in [1.82, 2.24) is 0 Å². The van der Waals surface area contributed by atoms with Crippen LogP contribution in [0, 0.1) is 5.92 Å². The lowest BCUT2D eigenvalue weighted by Gasteiger charge is -2.32. The van der Waals surface area contributed by atoms with Crippen LogP contribution < -0.4 is 0 Å². The first-order valence-electron chi connectivity index (χ1n) is 6.88. The zero-order valence-electron chi connectivity index (χ0n) is 12.3. The Morgan fingerprint density at radius 2 is 1.95 bits per heavy atom. The molecule has 0 bridgehead atoms. The number of nitrogens with zero attached hydrogens (tertiary/aromatic N) is 1. The number of hydrogen-bond donors (Lipinski definition) is 1. The molecule has 0 radical (unpaired) electrons. The molecule has 108 valence electrons. The molecule has 20 heavy (non-hydrogen) atoms. The normalized spacial score (nSPS) is 27.1. The number of benzene rings is 1. The van der Waals surface area contributed by atoms with Gasteiger partial charge in [0.05, 0.1) is 6.10 Å². The Labute approximate surface area is 119 Å². The van der Waals surface area contributed by atoms with Crippen molar-refractivity contribution < 1.29 is 14.6 Å². The van der Waals surface area contributed by atoms with E-state index in [1.807, 2.05) is 39.8 Å². The molecule has 3 atom stereocenters. The van der Waals surface area contributed by atoms with Crippen molar-refractivity contribution in [2.75, 3.05) is 0 Å². The Morgan fingerprint density at radius 3 is 2.45 bits per heavy atom. The summed E-state index contributed by atoms with van der Waals surface area (Å²) in [6.07, 6.45) is 0.0426. The molecule has 0 saturated heterocycles. The van der Waals surface area contributed by atoms with Crippen LogP contribution in [0.2, 0.25) is 0 Å². The van der Waals surface area contributed by atoms with Gasteiger partial charge in [-0.1, -0.05) is 26.0 Å². The zero-order valence-corrected chi connectivity index (χ0v) is 12.3. The smallest absolute Gasteiger partial charge is 0.217 e. The van der Waals surface area contributed by atoms with Gasteiger partial charge in [0.15, 0.2) is 0 Å². The van der Waals surface area contributed by atoms with Crippen LogP contribution >= 0.6 is 0 Å². The number of ether oxygens (including phenoxy) is 1. The largest absolute Gasteiger partial charge is 0.472 e. The maximum atomic E-state index is 10.7. The summed E-state index contributed by atoms with van der Waals surface area (Å²) in [6, 6.07) is 7.08. The van der Waals surface area contributed by atoms with E-state index < -0.39 is 11.6 Å². The van der Waals surface area contributed by atoms with Crippen LogP contribution in [0.15, 0.2) is 29.3 Å². The van der Waals surface area contributed by atoms with Gasteiger partial charge < -0.3 is 9.84 Å². The van der Waals surface area contributed by atoms with E-state index >= 15 is 0 Å². The average molecular weight is 275 g/mol. The minimum Gasteiger partial charge on any atom is -0.472 e. The molecule has 2 rings (SSSR count). The highest BCUT2D eigenvalue weighted by Crippen LogP contribution is 2.33. The van der Waals surface area contributed by atoms with Crippen molar-refractivity contribution in [3.8, 4) is 0 Å². The highest BCUT2D eigenvalue weighted by atomic mass is 16.5. The van der Waals surface area contributed by atoms with Gasteiger partial charge in [-0.2, -0.15) is 0 Å². The van der Waals surface area contributed by atoms with Crippen LogP contribution in [-0.4, -0.2) is 35.0 Å². The van der Waals surface area contributed by atoms with Crippen LogP contribution in [0.25, 0.3) is 0 Å². The lowest BCUT2D eigenvalue weighted by atomic mass is 9.84. The molecule has 0 spiro atoms. The van der Waals surface area contributed by atoms with E-state index in [1.54, 1.807) is 12.1 Å². The summed E-state index contributed by atoms with van der Waals surface area (Å²) in [5.74, 6) is 0.628. The van der Waals surface area contributed by atoms with Crippen LogP contribution in [0.4, 0.5) is 0 Å². The molecule has 1 aliphatic rings. The van der Waals surface area contributed by atoms with E-state index in [0.29, 0.717) is 11.5 Å². The summed E-state index contributed by atoms with van der Waals surface area (Å²) in [6.45, 7) is 7.76. The maximum Gasteiger partial charge on any atom is 0.217 e. The topological polar surface area (TPSA) is 58.9 Å². The van der Waals surface area contributed by atoms with Gasteiger partial charge in [-0.15, -0.1) is 0 Å². The van der Waals surface area contributed by atoms with Gasteiger partial charge in [0, 0.05) is 11.1 Å². The number of aliphatic hydroxyl groups excluding tert-OH is 1. The van der Waals surface area contributed by atoms with E-state index in [2.05, 4.69) is 4.99 Å². The molecule has 0 amide bonds. The molecule has 1 aromatic carbocycles. The maximum absolute atomic E-state index is 10.7. The summed E-state index contributed by atoms with van der Waals surface area (Å²) in [4.78, 5) is 15.3. The van der Waals surface area contributed by atoms with Gasteiger partial charge in [-0.3, -0.25) is 4.79 Å². The van der Waals surface area contributed by atoms with E-state index in [9.17, 15) is 9.90 Å². The first-order valence-corrected chi connectivity index (χ1v) is 6.88. The van der Waals surface area contributed by atoms with Gasteiger partial charge in [0.2, 0.25) is 5.90 Å². The van der Waals surface area contributed by atoms with Gasteiger partial charge in [-0.25, -0.2) is 4.99 Å². The quantitative estimate of drug-likeness (QED) is 0.859. The highest BCUT2D eigenvalue weighted by Gasteiger charge is 2.46. The third kappa shape index (κ3) is 2.48. The van der Waals surface area contributed by atoms with Crippen molar-refractivity contribution in [2.45, 2.75) is 45.4 Å². The number of hydrogen-bond acceptors (Lipinski definition) is 4. The van der Waals surface area contributed by atoms with E-state index in [-0.39, 0.29) is 12.0 Å². The Morgan fingerprint density at radius 1 is 1.35 bits per heavy atom. The molecule has 0 aromatic heterocycles. The summed E-state index contributed by atoms with van der Waals surface area (Å²) < 4.78 is 5.81. The third-order valence-corrected chi connectivity index (χ3v) is 3.98. The molecule has 1 N–H and O–H groups in total. The van der Waals surface area contributed by atoms with Gasteiger partial charge in [-0.05, 0) is 31.9 Å². The molecule has 1 aliphatic heterocycles. The summed E-state index contributed by atoms with van der Waals surface area (Å²) in [5, 5.41) is 10.4. The standard InChI is InChI=1S/C16H21NO3/c1-10(2)14(19)16(4)11(3)20-15(17-16)13-7-5-12(9-18)6-8-13/h5-11,14,19H,1-4H3/t11-,14+,16+/m1/s1. The van der Waals surface area contributed by atoms with Crippen molar-refractivity contribution in [1.29, 1.82) is 0 Å². The fourth-order valence-electron chi connectivity index (χ4n) is 2.44. The number of aldehydes is 1. The summed E-state index contributed by atoms with van der Waals surface area (Å²) in [7, 11) is 0. The Kier molecular flexibility index (Phi) is 3.95. The molecular formula is C16H21NO3. The minimum absolute atomic E-state index is 0.103. The van der Waals surface area contributed by atoms with Crippen LogP contribution in [-0.2, 0) is 4.74 Å². The zero-order chi connectivity index (χ0) is 14.9. The van der Waals surface area contributed by atoms with Gasteiger partial charge in [0.25, 0.3) is 0 Å². The Bertz CT molecular complexity index is 521. The van der Waals surface area contributed by atoms with Crippen molar-refractivity contribution in [3.05, 3.63) is 35.4 Å². The second kappa shape index (κ2) is 5.37. The lowest BCUT2D eigenvalue weighted by molar-refractivity contribution is 0.0104. The summed E-state index contributed by atoms with van der Waals surface area (Å²) >= 11 is 0. The van der Waals surface area contributed by atoms with E-state index in [0.717, 1.165) is 11.8 Å². The number of rotatable bonds is 4. The number of aliphatic imine (C=N–C) groups is 1. The number of carbonyl (C=O) groups is 1. The van der Waals surface area contributed by atoms with E-state index in [1.165, 1.54) is 0 Å². The Hall–Kier alpha value is -1.68. The van der Waals surface area contributed by atoms with Gasteiger partial charge >= 0.3 is 0 Å². The number of aliphatic hydroxyl groups is 1. The Balaban J connectivity index is 2.31. The molecule has 4 heteroatoms. The fraction of sp³-hybridized carbons (Fsp3) is 0.500. The highest BCUT2D eigenvalue weighted by molar-refractivity contribution is 5.96. The van der Waals surface area contributed by atoms with Crippen LogP contribution in [0.5, 0.6) is 0 Å². The minimum atomic E-state index is -0.646. The molecule has 0 fully saturated rings. The van der Waals surface area contributed by atoms with Crippen molar-refractivity contribution in [3.63, 3.8) is 0 Å². The van der Waals surface area contributed by atoms with Crippen LogP contribution in [0.3, 0.4) is 0 Å². The first-order chi connectivity index (χ1) is 9.38. The number of carbonyl (C=O) groups excluding carboxylic acids is 1. The fourth-order valence-corrected chi connectivity index (χ4v) is 2.44. The SMILES string of the molecule is CC(C)[C@H](O)[C@@]1(C)N=C(c2ccc(C=O)cc2)O[C@@H]1C. The molecule has 1 aromatic rings. The second-order valence-corrected chi connectivity index (χ2v) is 5.83. The molecule has 0 saturated carbocycles. The average Bonchev–Trinajstić information content (AvgIpc) is 2.75. The lowest BCUT2D eigenvalue weighted by Crippen LogP contribution is -2.47. The molecule has 1 heterocycles. The first kappa shape index (κ1) is 14.7. The molecular weight excluding hydrogens is 254 g/mol. The third-order valence-electron chi connectivity index (χ3n) is 3.98. The molecule has 0 aliphatic carbocycles. The monoisotopic (exact) mass is 275 g/mol. The van der Waals surface area contributed by atoms with Crippen molar-refractivity contribution in [2.24, 2.45) is 10.9 Å². The molecule has 0 unspecified atom stereocenters. The second-order valence-electron chi connectivity index (χ2n) is 5.83. The summed E-state index contributed by atoms with van der Waals surface area (Å²) in [5.41, 5.74) is 0.792. The van der Waals surface area contributed by atoms with E-state index in [4.69, 9.17) is 4.74 Å². The molecule has 4 nitrogen and oxygen atoms in total. The van der Waals surface area contributed by atoms with Crippen molar-refractivity contribution >= 4 is 12.2 Å². The predicted octanol–water partition coefficient (Wildman–Crippen LogP) is 2.44. The van der Waals surface area contributed by atoms with Crippen LogP contribution in [0.1, 0.15) is 43.6 Å².